The Morgan fingerprint density at radius 3 is 2.68 bits per heavy atom. The number of thioether (sulfide) groups is 1. The number of benzene rings is 1. The zero-order valence-corrected chi connectivity index (χ0v) is 11.2. The van der Waals surface area contributed by atoms with Gasteiger partial charge in [0.2, 0.25) is 0 Å². The average molecular weight is 277 g/mol. The van der Waals surface area contributed by atoms with E-state index in [-0.39, 0.29) is 6.01 Å². The predicted molar refractivity (Wildman–Crippen MR) is 74.7 cm³/mol. The second-order valence-electron chi connectivity index (χ2n) is 4.35. The van der Waals surface area contributed by atoms with E-state index in [9.17, 15) is 0 Å². The van der Waals surface area contributed by atoms with Crippen LogP contribution in [0.3, 0.4) is 0 Å². The zero-order chi connectivity index (χ0) is 12.9. The first-order chi connectivity index (χ1) is 9.40. The second-order valence-corrected chi connectivity index (χ2v) is 5.58. The number of H-pyrrole nitrogens is 1. The summed E-state index contributed by atoms with van der Waals surface area (Å²) in [5, 5.41) is 16.8. The van der Waals surface area contributed by atoms with Gasteiger partial charge in [-0.2, -0.15) is 17.0 Å². The molecule has 2 heterocycles. The SMILES string of the molecule is c1cc(Oc2nn[nH]n2)ccc1NC1CCSCC1. The molecule has 1 aliphatic rings. The van der Waals surface area contributed by atoms with Crippen LogP contribution in [0, 0.1) is 0 Å². The van der Waals surface area contributed by atoms with Gasteiger partial charge >= 0.3 is 6.01 Å². The topological polar surface area (TPSA) is 75.7 Å². The van der Waals surface area contributed by atoms with Crippen molar-refractivity contribution in [3.05, 3.63) is 24.3 Å². The predicted octanol–water partition coefficient (Wildman–Crippen LogP) is 2.30. The highest BCUT2D eigenvalue weighted by atomic mass is 32.2. The van der Waals surface area contributed by atoms with Gasteiger partial charge in [-0.15, -0.1) is 0 Å². The molecule has 0 radical (unpaired) electrons. The normalized spacial score (nSPS) is 16.2. The van der Waals surface area contributed by atoms with Gasteiger partial charge in [0.25, 0.3) is 0 Å². The third kappa shape index (κ3) is 3.37. The number of hydrogen-bond acceptors (Lipinski definition) is 6. The molecule has 0 amide bonds. The van der Waals surface area contributed by atoms with Crippen molar-refractivity contribution < 1.29 is 4.74 Å². The maximum Gasteiger partial charge on any atom is 0.361 e. The molecule has 1 aliphatic heterocycles. The molecule has 1 saturated heterocycles. The molecule has 100 valence electrons. The standard InChI is InChI=1S/C12H15N5OS/c1-3-11(18-12-14-16-17-15-12)4-2-9(1)13-10-5-7-19-8-6-10/h1-4,10,13H,5-8H2,(H,14,15,16,17). The summed E-state index contributed by atoms with van der Waals surface area (Å²) in [4.78, 5) is 0. The van der Waals surface area contributed by atoms with Gasteiger partial charge in [-0.25, -0.2) is 0 Å². The summed E-state index contributed by atoms with van der Waals surface area (Å²) in [6.07, 6.45) is 2.46. The molecule has 3 rings (SSSR count). The van der Waals surface area contributed by atoms with Crippen LogP contribution < -0.4 is 10.1 Å². The van der Waals surface area contributed by atoms with E-state index in [4.69, 9.17) is 4.74 Å². The van der Waals surface area contributed by atoms with E-state index >= 15 is 0 Å². The molecule has 0 saturated carbocycles. The van der Waals surface area contributed by atoms with Crippen LogP contribution in [-0.2, 0) is 0 Å². The van der Waals surface area contributed by atoms with Crippen molar-refractivity contribution in [2.45, 2.75) is 18.9 Å². The lowest BCUT2D eigenvalue weighted by Crippen LogP contribution is -2.24. The number of nitrogens with one attached hydrogen (secondary N) is 2. The Morgan fingerprint density at radius 1 is 1.21 bits per heavy atom. The zero-order valence-electron chi connectivity index (χ0n) is 10.4. The Kier molecular flexibility index (Phi) is 3.83. The van der Waals surface area contributed by atoms with Crippen LogP contribution in [0.25, 0.3) is 0 Å². The van der Waals surface area contributed by atoms with Crippen LogP contribution in [0.2, 0.25) is 0 Å². The third-order valence-electron chi connectivity index (χ3n) is 2.98. The van der Waals surface area contributed by atoms with Gasteiger partial charge in [0.05, 0.1) is 0 Å². The van der Waals surface area contributed by atoms with Crippen molar-refractivity contribution in [2.75, 3.05) is 16.8 Å². The van der Waals surface area contributed by atoms with Crippen LogP contribution in [0.15, 0.2) is 24.3 Å². The van der Waals surface area contributed by atoms with Gasteiger partial charge in [0.15, 0.2) is 0 Å². The summed E-state index contributed by atoms with van der Waals surface area (Å²) < 4.78 is 5.42. The molecule has 0 aliphatic carbocycles. The Morgan fingerprint density at radius 2 is 2.00 bits per heavy atom. The summed E-state index contributed by atoms with van der Waals surface area (Å²) in [6.45, 7) is 0. The Hall–Kier alpha value is -1.76. The minimum absolute atomic E-state index is 0.227. The second kappa shape index (κ2) is 5.92. The number of aromatic nitrogens is 4. The van der Waals surface area contributed by atoms with E-state index in [1.807, 2.05) is 36.0 Å². The molecule has 2 N–H and O–H groups in total. The quantitative estimate of drug-likeness (QED) is 0.893. The fourth-order valence-electron chi connectivity index (χ4n) is 2.00. The first kappa shape index (κ1) is 12.3. The van der Waals surface area contributed by atoms with Crippen molar-refractivity contribution in [1.82, 2.24) is 20.6 Å². The first-order valence-electron chi connectivity index (χ1n) is 6.26. The number of ether oxygens (including phenoxy) is 1. The van der Waals surface area contributed by atoms with Gasteiger partial charge in [-0.05, 0) is 53.8 Å². The molecule has 0 unspecified atom stereocenters. The van der Waals surface area contributed by atoms with E-state index < -0.39 is 0 Å². The molecular weight excluding hydrogens is 262 g/mol. The van der Waals surface area contributed by atoms with E-state index in [2.05, 4.69) is 25.9 Å². The van der Waals surface area contributed by atoms with E-state index in [0.717, 1.165) is 5.69 Å². The number of hydrogen-bond donors (Lipinski definition) is 2. The van der Waals surface area contributed by atoms with Crippen molar-refractivity contribution in [3.63, 3.8) is 0 Å². The Bertz CT molecular complexity index is 495. The monoisotopic (exact) mass is 277 g/mol. The molecule has 7 heteroatoms. The largest absolute Gasteiger partial charge is 0.422 e. The van der Waals surface area contributed by atoms with Crippen molar-refractivity contribution in [2.24, 2.45) is 0 Å². The van der Waals surface area contributed by atoms with E-state index in [0.29, 0.717) is 11.8 Å². The summed E-state index contributed by atoms with van der Waals surface area (Å²) in [6, 6.07) is 8.64. The highest BCUT2D eigenvalue weighted by molar-refractivity contribution is 7.99. The minimum Gasteiger partial charge on any atom is -0.422 e. The van der Waals surface area contributed by atoms with E-state index in [1.54, 1.807) is 0 Å². The fourth-order valence-corrected chi connectivity index (χ4v) is 3.10. The molecule has 0 spiro atoms. The lowest BCUT2D eigenvalue weighted by molar-refractivity contribution is 0.442. The first-order valence-corrected chi connectivity index (χ1v) is 7.41. The van der Waals surface area contributed by atoms with Gasteiger partial charge < -0.3 is 10.1 Å². The van der Waals surface area contributed by atoms with Crippen molar-refractivity contribution in [1.29, 1.82) is 0 Å². The summed E-state index contributed by atoms with van der Waals surface area (Å²) in [5.41, 5.74) is 1.12. The molecule has 1 aromatic heterocycles. The summed E-state index contributed by atoms with van der Waals surface area (Å²) >= 11 is 2.03. The Labute approximate surface area is 115 Å². The van der Waals surface area contributed by atoms with Crippen molar-refractivity contribution in [3.8, 4) is 11.8 Å². The Balaban J connectivity index is 1.58. The van der Waals surface area contributed by atoms with Gasteiger partial charge in [0, 0.05) is 11.7 Å². The minimum atomic E-state index is 0.227. The number of rotatable bonds is 4. The molecule has 0 atom stereocenters. The smallest absolute Gasteiger partial charge is 0.361 e. The van der Waals surface area contributed by atoms with Gasteiger partial charge in [-0.3, -0.25) is 0 Å². The maximum absolute atomic E-state index is 5.42. The summed E-state index contributed by atoms with van der Waals surface area (Å²) in [5.74, 6) is 3.19. The van der Waals surface area contributed by atoms with Crippen molar-refractivity contribution >= 4 is 17.4 Å². The van der Waals surface area contributed by atoms with Crippen LogP contribution in [0.5, 0.6) is 11.8 Å². The van der Waals surface area contributed by atoms with Crippen LogP contribution >= 0.6 is 11.8 Å². The third-order valence-corrected chi connectivity index (χ3v) is 4.03. The molecule has 1 fully saturated rings. The van der Waals surface area contributed by atoms with E-state index in [1.165, 1.54) is 24.3 Å². The number of anilines is 1. The molecule has 2 aromatic rings. The summed E-state index contributed by atoms with van der Waals surface area (Å²) in [7, 11) is 0. The molecule has 19 heavy (non-hydrogen) atoms. The molecular formula is C12H15N5OS. The van der Waals surface area contributed by atoms with Crippen LogP contribution in [0.4, 0.5) is 5.69 Å². The number of tetrazole rings is 1. The lowest BCUT2D eigenvalue weighted by atomic mass is 10.1. The lowest BCUT2D eigenvalue weighted by Gasteiger charge is -2.23. The number of nitrogens with zero attached hydrogens (tertiary/aromatic N) is 3. The van der Waals surface area contributed by atoms with Crippen LogP contribution in [-0.4, -0.2) is 38.2 Å². The maximum atomic E-state index is 5.42. The van der Waals surface area contributed by atoms with Gasteiger partial charge in [0.1, 0.15) is 5.75 Å². The van der Waals surface area contributed by atoms with Gasteiger partial charge in [-0.1, -0.05) is 10.2 Å². The highest BCUT2D eigenvalue weighted by Crippen LogP contribution is 2.23. The average Bonchev–Trinajstić information content (AvgIpc) is 2.95. The fraction of sp³-hybridized carbons (Fsp3) is 0.417. The number of aromatic amines is 1. The molecule has 6 nitrogen and oxygen atoms in total. The highest BCUT2D eigenvalue weighted by Gasteiger charge is 2.13. The molecule has 0 bridgehead atoms. The molecule has 1 aromatic carbocycles. The van der Waals surface area contributed by atoms with Crippen LogP contribution in [0.1, 0.15) is 12.8 Å².